The first-order chi connectivity index (χ1) is 33.6. The molecule has 0 radical (unpaired) electrons. The summed E-state index contributed by atoms with van der Waals surface area (Å²) in [4.78, 5) is 0. The fraction of sp³-hybridized carbons (Fsp3) is 0.961. The summed E-state index contributed by atoms with van der Waals surface area (Å²) < 4.78 is 60.9. The van der Waals surface area contributed by atoms with Crippen LogP contribution in [0.25, 0.3) is 0 Å². The minimum Gasteiger partial charge on any atom is -0.394 e. The van der Waals surface area contributed by atoms with Crippen LogP contribution in [-0.2, 0) is 47.4 Å². The predicted molar refractivity (Wildman–Crippen MR) is 244 cm³/mol. The summed E-state index contributed by atoms with van der Waals surface area (Å²) in [6, 6.07) is 0. The summed E-state index contributed by atoms with van der Waals surface area (Å²) >= 11 is 0. The maximum atomic E-state index is 11.5. The molecule has 6 saturated heterocycles. The van der Waals surface area contributed by atoms with Crippen LogP contribution in [0, 0.1) is 46.3 Å². The largest absolute Gasteiger partial charge is 0.394 e. The van der Waals surface area contributed by atoms with E-state index in [1.165, 1.54) is 32.8 Å². The van der Waals surface area contributed by atoms with Crippen molar-refractivity contribution in [2.75, 3.05) is 13.2 Å². The van der Waals surface area contributed by atoms with Gasteiger partial charge in [-0.05, 0) is 113 Å². The average molecular weight is 1020 g/mol. The zero-order chi connectivity index (χ0) is 50.8. The van der Waals surface area contributed by atoms with E-state index in [2.05, 4.69) is 33.8 Å². The van der Waals surface area contributed by atoms with Crippen LogP contribution in [0.4, 0.5) is 0 Å². The fourth-order valence-electron chi connectivity index (χ4n) is 15.5. The number of fused-ring (bicyclic) bond motifs is 7. The minimum atomic E-state index is -1.83. The number of allylic oxidation sites excluding steroid dienone is 1. The number of hydrogen-bond donors (Lipinski definition) is 10. The Balaban J connectivity index is 0.737. The summed E-state index contributed by atoms with van der Waals surface area (Å²) in [6.45, 7) is 14.1. The Morgan fingerprint density at radius 1 is 0.592 bits per heavy atom. The molecule has 1 spiro atoms. The third-order valence-electron chi connectivity index (χ3n) is 19.7. The molecule has 10 rings (SSSR count). The van der Waals surface area contributed by atoms with Crippen molar-refractivity contribution in [3.8, 4) is 0 Å². The average Bonchev–Trinajstić information content (AvgIpc) is 3.79. The smallest absolute Gasteiger partial charge is 0.187 e. The third kappa shape index (κ3) is 9.03. The van der Waals surface area contributed by atoms with Crippen LogP contribution in [-0.4, -0.2) is 205 Å². The van der Waals surface area contributed by atoms with Crippen LogP contribution < -0.4 is 0 Å². The molecule has 10 N–H and O–H groups in total. The number of rotatable bonds is 9. The third-order valence-corrected chi connectivity index (χ3v) is 19.7. The normalized spacial score (nSPS) is 58.4. The lowest BCUT2D eigenvalue weighted by Crippen LogP contribution is -2.66. The highest BCUT2D eigenvalue weighted by molar-refractivity contribution is 5.26. The molecule has 20 nitrogen and oxygen atoms in total. The zero-order valence-corrected chi connectivity index (χ0v) is 42.1. The number of aliphatic hydroxyl groups is 10. The van der Waals surface area contributed by atoms with E-state index in [1.807, 2.05) is 0 Å². The lowest BCUT2D eigenvalue weighted by Gasteiger charge is -2.58. The second-order valence-electron chi connectivity index (χ2n) is 23.8. The van der Waals surface area contributed by atoms with Gasteiger partial charge in [0.25, 0.3) is 0 Å². The molecule has 0 aromatic carbocycles. The van der Waals surface area contributed by atoms with Gasteiger partial charge < -0.3 is 98.4 Å². The van der Waals surface area contributed by atoms with Gasteiger partial charge in [-0.2, -0.15) is 0 Å². The maximum absolute atomic E-state index is 11.5. The van der Waals surface area contributed by atoms with Crippen molar-refractivity contribution in [1.82, 2.24) is 0 Å². The topological polar surface area (TPSA) is 295 Å². The van der Waals surface area contributed by atoms with E-state index >= 15 is 0 Å². The first-order valence-corrected chi connectivity index (χ1v) is 26.6. The fourth-order valence-corrected chi connectivity index (χ4v) is 15.5. The van der Waals surface area contributed by atoms with Crippen molar-refractivity contribution < 1.29 is 98.4 Å². The molecule has 20 heteroatoms. The quantitative estimate of drug-likeness (QED) is 0.137. The van der Waals surface area contributed by atoms with Gasteiger partial charge in [-0.3, -0.25) is 0 Å². The van der Waals surface area contributed by atoms with Crippen molar-refractivity contribution in [1.29, 1.82) is 0 Å². The van der Waals surface area contributed by atoms with Crippen LogP contribution in [0.3, 0.4) is 0 Å². The minimum absolute atomic E-state index is 0.00841. The SMILES string of the molecule is C[C@@H]1CC[C@@]2(OC1)O[C@H]1C[C@H]3[C@@H]4CC=C5C[C@@H](O[C@@H]6O[C@H](CO)[C@@H](O[C@@H]7O[C@@H](C)[C@H](O[C@@H]8O[C@@H](C)[C@H](O)[C@@H](O[C@@H]9O[C@@H](C)[C@H](O)[C@@H](O)[C@H]9O)[C@H]8O)[C@@H](O)[C@H]7O)[C@H](O)[C@H]6O)CC[C@]5(C)[C@H]4CC[C@]3(C)[C@H]1[C@@H]2C. The van der Waals surface area contributed by atoms with Gasteiger partial charge in [-0.1, -0.05) is 39.3 Å². The van der Waals surface area contributed by atoms with E-state index in [0.29, 0.717) is 41.9 Å². The number of aliphatic hydroxyl groups excluding tert-OH is 10. The first-order valence-electron chi connectivity index (χ1n) is 26.6. The van der Waals surface area contributed by atoms with Crippen LogP contribution >= 0.6 is 0 Å². The molecule has 406 valence electrons. The van der Waals surface area contributed by atoms with Crippen LogP contribution in [0.5, 0.6) is 0 Å². The van der Waals surface area contributed by atoms with E-state index in [9.17, 15) is 51.1 Å². The van der Waals surface area contributed by atoms with E-state index in [1.54, 1.807) is 0 Å². The van der Waals surface area contributed by atoms with Gasteiger partial charge in [0.05, 0.1) is 43.7 Å². The molecule has 0 aromatic rings. The van der Waals surface area contributed by atoms with Crippen molar-refractivity contribution >= 4 is 0 Å². The highest BCUT2D eigenvalue weighted by Crippen LogP contribution is 2.70. The Hall–Kier alpha value is -1.06. The lowest BCUT2D eigenvalue weighted by atomic mass is 9.47. The van der Waals surface area contributed by atoms with Crippen LogP contribution in [0.15, 0.2) is 11.6 Å². The summed E-state index contributed by atoms with van der Waals surface area (Å²) in [5.41, 5.74) is 1.58. The van der Waals surface area contributed by atoms with E-state index < -0.39 is 135 Å². The van der Waals surface area contributed by atoms with Crippen LogP contribution in [0.1, 0.15) is 106 Å². The number of hydrogen-bond acceptors (Lipinski definition) is 20. The van der Waals surface area contributed by atoms with Crippen molar-refractivity contribution in [3.63, 3.8) is 0 Å². The zero-order valence-electron chi connectivity index (χ0n) is 42.1. The Labute approximate surface area is 415 Å². The lowest BCUT2D eigenvalue weighted by molar-refractivity contribution is -0.385. The van der Waals surface area contributed by atoms with E-state index in [0.717, 1.165) is 51.6 Å². The Kier molecular flexibility index (Phi) is 15.1. The van der Waals surface area contributed by atoms with E-state index in [4.69, 9.17) is 47.4 Å². The van der Waals surface area contributed by atoms with Gasteiger partial charge in [-0.15, -0.1) is 0 Å². The highest BCUT2D eigenvalue weighted by Gasteiger charge is 2.69. The molecule has 6 aliphatic heterocycles. The second kappa shape index (κ2) is 20.1. The molecule has 0 amide bonds. The molecule has 0 aromatic heterocycles. The van der Waals surface area contributed by atoms with E-state index in [-0.39, 0.29) is 23.0 Å². The van der Waals surface area contributed by atoms with Crippen LogP contribution in [0.2, 0.25) is 0 Å². The van der Waals surface area contributed by atoms with Crippen molar-refractivity contribution in [2.24, 2.45) is 46.3 Å². The molecule has 4 aliphatic carbocycles. The number of ether oxygens (including phenoxy) is 10. The Bertz CT molecular complexity index is 1890. The second-order valence-corrected chi connectivity index (χ2v) is 23.8. The Morgan fingerprint density at radius 2 is 1.20 bits per heavy atom. The van der Waals surface area contributed by atoms with Gasteiger partial charge in [-0.25, -0.2) is 0 Å². The highest BCUT2D eigenvalue weighted by atomic mass is 16.8. The molecule has 9 fully saturated rings. The Morgan fingerprint density at radius 3 is 1.87 bits per heavy atom. The molecule has 0 unspecified atom stereocenters. The molecule has 3 saturated carbocycles. The summed E-state index contributed by atoms with van der Waals surface area (Å²) in [6.07, 6.45) is -18.4. The molecule has 0 bridgehead atoms. The standard InChI is InChI=1S/C51H82O20/c1-20-10-15-51(62-19-20)21(2)32-30(71-51)17-29-27-9-8-25-16-26(11-13-49(25,6)28(27)12-14-50(29,32)7)66-47-40(60)37(57)43(31(18-52)67-47)69-46-39(59)36(56)42(24(5)65-46)68-48-41(61)44(34(54)23(4)64-48)70-45-38(58)35(55)33(53)22(3)63-45/h8,20-24,26-48,52-61H,9-19H2,1-7H3/t20-,21+,22+,23+,24+,26+,27-,28+,29+,30+,31-,32+,33+,34+,35-,36+,37-,38-,39-,40-,41-,42+,43-,44-,45+,46+,47-,48+,49+,50+,51-/m1/s1. The monoisotopic (exact) mass is 1010 g/mol. The van der Waals surface area contributed by atoms with Crippen molar-refractivity contribution in [3.05, 3.63) is 11.6 Å². The van der Waals surface area contributed by atoms with Gasteiger partial charge in [0.2, 0.25) is 0 Å². The summed E-state index contributed by atoms with van der Waals surface area (Å²) in [5.74, 6) is 2.69. The first kappa shape index (κ1) is 53.3. The summed E-state index contributed by atoms with van der Waals surface area (Å²) in [7, 11) is 0. The predicted octanol–water partition coefficient (Wildman–Crippen LogP) is 0.0935. The molecule has 10 aliphatic rings. The van der Waals surface area contributed by atoms with Gasteiger partial charge in [0.1, 0.15) is 79.4 Å². The molecule has 71 heavy (non-hydrogen) atoms. The molecular weight excluding hydrogens is 933 g/mol. The molecule has 31 atom stereocenters. The van der Waals surface area contributed by atoms with Gasteiger partial charge in [0.15, 0.2) is 30.9 Å². The van der Waals surface area contributed by atoms with Gasteiger partial charge >= 0.3 is 0 Å². The summed E-state index contributed by atoms with van der Waals surface area (Å²) in [5, 5.41) is 109. The molecular formula is C51H82O20. The maximum Gasteiger partial charge on any atom is 0.187 e. The van der Waals surface area contributed by atoms with Crippen molar-refractivity contribution in [2.45, 2.75) is 247 Å². The molecule has 6 heterocycles. The van der Waals surface area contributed by atoms with Gasteiger partial charge in [0, 0.05) is 12.3 Å².